The third-order valence-corrected chi connectivity index (χ3v) is 2.84. The number of fused-ring (bicyclic) bond motifs is 1. The smallest absolute Gasteiger partial charge is 0 e. The molecule has 0 amide bonds. The monoisotopic (exact) mass is 241 g/mol. The molecule has 0 saturated carbocycles. The average molecular weight is 241 g/mol. The normalized spacial score (nSPS) is 18.0. The molecule has 1 aromatic rings. The number of benzene rings is 1. The minimum absolute atomic E-state index is 0. The van der Waals surface area contributed by atoms with Crippen LogP contribution in [0.1, 0.15) is 43.9 Å². The van der Waals surface area contributed by atoms with Gasteiger partial charge in [0.25, 0.3) is 0 Å². The van der Waals surface area contributed by atoms with Crippen LogP contribution in [-0.2, 0) is 31.4 Å². The Morgan fingerprint density at radius 1 is 1.13 bits per heavy atom. The molecule has 0 nitrogen and oxygen atoms in total. The minimum Gasteiger partial charge on any atom is -0.0683 e. The summed E-state index contributed by atoms with van der Waals surface area (Å²) in [6.07, 6.45) is 3.95. The molecule has 1 unspecified atom stereocenters. The first-order valence-corrected chi connectivity index (χ1v) is 5.84. The molecule has 1 heteroatoms. The fourth-order valence-electron chi connectivity index (χ4n) is 2.07. The molecule has 0 aromatic heterocycles. The zero-order valence-corrected chi connectivity index (χ0v) is 11.8. The Kier molecular flexibility index (Phi) is 7.05. The van der Waals surface area contributed by atoms with Crippen molar-refractivity contribution >= 4 is 0 Å². The molecule has 0 heterocycles. The van der Waals surface area contributed by atoms with Crippen molar-refractivity contribution in [3.05, 3.63) is 34.9 Å². The molecule has 0 fully saturated rings. The maximum atomic E-state index is 2.35. The van der Waals surface area contributed by atoms with Crippen molar-refractivity contribution in [3.63, 3.8) is 0 Å². The Balaban J connectivity index is 0.000000617. The summed E-state index contributed by atoms with van der Waals surface area (Å²) in [6.45, 7) is 8.53. The van der Waals surface area contributed by atoms with Crippen molar-refractivity contribution in [1.82, 2.24) is 0 Å². The van der Waals surface area contributed by atoms with Gasteiger partial charge in [0, 0.05) is 18.6 Å². The van der Waals surface area contributed by atoms with Crippen molar-refractivity contribution in [1.29, 1.82) is 0 Å². The van der Waals surface area contributed by atoms with E-state index in [1.54, 1.807) is 11.1 Å². The molecule has 1 atom stereocenters. The summed E-state index contributed by atoms with van der Waals surface area (Å²) in [7, 11) is 0. The van der Waals surface area contributed by atoms with Crippen molar-refractivity contribution in [3.8, 4) is 0 Å². The van der Waals surface area contributed by atoms with Gasteiger partial charge in [-0.15, -0.1) is 0 Å². The van der Waals surface area contributed by atoms with Crippen molar-refractivity contribution in [2.45, 2.75) is 47.0 Å². The molecule has 0 spiro atoms. The summed E-state index contributed by atoms with van der Waals surface area (Å²) >= 11 is 0. The van der Waals surface area contributed by atoms with E-state index in [-0.39, 0.29) is 18.6 Å². The SMILES string of the molecule is CC.Cc1ccc2c(c1)CC(C)CC2.[V]. The molecular weight excluding hydrogens is 219 g/mol. The first-order chi connectivity index (χ1) is 6.75. The van der Waals surface area contributed by atoms with Crippen molar-refractivity contribution in [2.24, 2.45) is 5.92 Å². The molecule has 0 N–H and O–H groups in total. The van der Waals surface area contributed by atoms with E-state index in [9.17, 15) is 0 Å². The van der Waals surface area contributed by atoms with Crippen molar-refractivity contribution in [2.75, 3.05) is 0 Å². The average Bonchev–Trinajstić information content (AvgIpc) is 2.20. The van der Waals surface area contributed by atoms with Gasteiger partial charge in [0.1, 0.15) is 0 Å². The molecule has 1 aromatic carbocycles. The Hall–Kier alpha value is -0.196. The molecule has 1 radical (unpaired) electrons. The van der Waals surface area contributed by atoms with Crippen LogP contribution in [0.5, 0.6) is 0 Å². The van der Waals surface area contributed by atoms with Crippen LogP contribution >= 0.6 is 0 Å². The summed E-state index contributed by atoms with van der Waals surface area (Å²) in [5, 5.41) is 0. The Morgan fingerprint density at radius 3 is 2.47 bits per heavy atom. The molecule has 1 aliphatic rings. The molecule has 1 aliphatic carbocycles. The van der Waals surface area contributed by atoms with Gasteiger partial charge in [-0.2, -0.15) is 0 Å². The van der Waals surface area contributed by atoms with E-state index in [4.69, 9.17) is 0 Å². The molecule has 83 valence electrons. The van der Waals surface area contributed by atoms with E-state index in [1.807, 2.05) is 13.8 Å². The number of aryl methyl sites for hydroxylation is 2. The van der Waals surface area contributed by atoms with Crippen LogP contribution in [0.4, 0.5) is 0 Å². The Bertz CT molecular complexity index is 291. The summed E-state index contributed by atoms with van der Waals surface area (Å²) in [5.41, 5.74) is 4.58. The first-order valence-electron chi connectivity index (χ1n) is 5.84. The topological polar surface area (TPSA) is 0 Å². The molecule has 0 aliphatic heterocycles. The van der Waals surface area contributed by atoms with E-state index < -0.39 is 0 Å². The van der Waals surface area contributed by atoms with E-state index in [0.717, 1.165) is 5.92 Å². The Morgan fingerprint density at radius 2 is 1.80 bits per heavy atom. The van der Waals surface area contributed by atoms with Gasteiger partial charge in [0.2, 0.25) is 0 Å². The van der Waals surface area contributed by atoms with Crippen LogP contribution in [0.15, 0.2) is 18.2 Å². The van der Waals surface area contributed by atoms with Gasteiger partial charge >= 0.3 is 0 Å². The molecule has 15 heavy (non-hydrogen) atoms. The standard InChI is InChI=1S/C12H16.C2H6.V/c1-9-3-5-11-6-4-10(2)8-12(11)7-9;1-2;/h3,5,7,10H,4,6,8H2,1-2H3;1-2H3;. The Labute approximate surface area is 106 Å². The number of rotatable bonds is 0. The second-order valence-electron chi connectivity index (χ2n) is 4.12. The molecule has 2 rings (SSSR count). The second-order valence-corrected chi connectivity index (χ2v) is 4.12. The van der Waals surface area contributed by atoms with E-state index in [1.165, 1.54) is 24.8 Å². The van der Waals surface area contributed by atoms with E-state index in [2.05, 4.69) is 32.0 Å². The van der Waals surface area contributed by atoms with Gasteiger partial charge in [0.05, 0.1) is 0 Å². The van der Waals surface area contributed by atoms with Gasteiger partial charge in [-0.05, 0) is 43.2 Å². The molecule has 0 saturated heterocycles. The minimum atomic E-state index is 0. The molecular formula is C14H22V. The van der Waals surface area contributed by atoms with Gasteiger partial charge in [-0.3, -0.25) is 0 Å². The maximum absolute atomic E-state index is 2.35. The van der Waals surface area contributed by atoms with Gasteiger partial charge in [-0.25, -0.2) is 0 Å². The first kappa shape index (κ1) is 14.8. The fourth-order valence-corrected chi connectivity index (χ4v) is 2.07. The van der Waals surface area contributed by atoms with Crippen LogP contribution in [0, 0.1) is 12.8 Å². The van der Waals surface area contributed by atoms with Crippen LogP contribution in [0.3, 0.4) is 0 Å². The second kappa shape index (κ2) is 7.14. The van der Waals surface area contributed by atoms with E-state index >= 15 is 0 Å². The predicted molar refractivity (Wildman–Crippen MR) is 63.7 cm³/mol. The maximum Gasteiger partial charge on any atom is 0 e. The number of hydrogen-bond acceptors (Lipinski definition) is 0. The zero-order valence-electron chi connectivity index (χ0n) is 10.4. The molecule has 0 bridgehead atoms. The van der Waals surface area contributed by atoms with Gasteiger partial charge in [-0.1, -0.05) is 44.5 Å². The summed E-state index contributed by atoms with van der Waals surface area (Å²) in [4.78, 5) is 0. The van der Waals surface area contributed by atoms with Crippen LogP contribution in [-0.4, -0.2) is 0 Å². The number of hydrogen-bond donors (Lipinski definition) is 0. The fraction of sp³-hybridized carbons (Fsp3) is 0.571. The van der Waals surface area contributed by atoms with E-state index in [0.29, 0.717) is 0 Å². The largest absolute Gasteiger partial charge is 0.0683 e. The quantitative estimate of drug-likeness (QED) is 0.640. The summed E-state index contributed by atoms with van der Waals surface area (Å²) in [5.74, 6) is 0.888. The van der Waals surface area contributed by atoms with Gasteiger partial charge < -0.3 is 0 Å². The van der Waals surface area contributed by atoms with Crippen molar-refractivity contribution < 1.29 is 18.6 Å². The van der Waals surface area contributed by atoms with Crippen LogP contribution < -0.4 is 0 Å². The zero-order chi connectivity index (χ0) is 10.6. The summed E-state index contributed by atoms with van der Waals surface area (Å²) in [6, 6.07) is 6.89. The predicted octanol–water partition coefficient (Wildman–Crippen LogP) is 4.14. The van der Waals surface area contributed by atoms with Gasteiger partial charge in [0.15, 0.2) is 0 Å². The third-order valence-electron chi connectivity index (χ3n) is 2.84. The summed E-state index contributed by atoms with van der Waals surface area (Å²) < 4.78 is 0. The van der Waals surface area contributed by atoms with Crippen LogP contribution in [0.25, 0.3) is 0 Å². The van der Waals surface area contributed by atoms with Crippen LogP contribution in [0.2, 0.25) is 0 Å². The third kappa shape index (κ3) is 4.05.